The van der Waals surface area contributed by atoms with Crippen LogP contribution in [-0.4, -0.2) is 67.0 Å². The van der Waals surface area contributed by atoms with Crippen molar-refractivity contribution in [2.45, 2.75) is 84.1 Å². The Morgan fingerprint density at radius 1 is 0.719 bits per heavy atom. The summed E-state index contributed by atoms with van der Waals surface area (Å²) in [6.45, 7) is 9.15. The first kappa shape index (κ1) is 26.4. The third-order valence-electron chi connectivity index (χ3n) is 5.61. The van der Waals surface area contributed by atoms with Gasteiger partial charge in [-0.25, -0.2) is 0 Å². The number of nitrogens with one attached hydrogen (secondary N) is 2. The summed E-state index contributed by atoms with van der Waals surface area (Å²) in [6.07, 6.45) is 6.69. The van der Waals surface area contributed by atoms with Gasteiger partial charge in [0.05, 0.1) is 0 Å². The number of H-pyrrole nitrogens is 2. The highest BCUT2D eigenvalue weighted by atomic mass is 28.4. The lowest BCUT2D eigenvalue weighted by Crippen LogP contribution is -2.42. The molecule has 0 aliphatic heterocycles. The predicted octanol–water partition coefficient (Wildman–Crippen LogP) is 4.53. The molecule has 0 radical (unpaired) electrons. The number of hydrogen-bond donors (Lipinski definition) is 2. The molecule has 0 aliphatic rings. The largest absolute Gasteiger partial charge is 0.500 e. The molecule has 0 amide bonds. The SMILES string of the molecule is CO[Si](CCCCCCCCN(c1n[nH]c(C(C)C)n1)c1n[nH]c(C(C)C)n1)(OC)OC. The maximum atomic E-state index is 5.48. The molecule has 2 heterocycles. The maximum absolute atomic E-state index is 5.48. The summed E-state index contributed by atoms with van der Waals surface area (Å²) in [7, 11) is 2.57. The minimum Gasteiger partial charge on any atom is -0.377 e. The summed E-state index contributed by atoms with van der Waals surface area (Å²) in [5, 5.41) is 14.9. The number of aromatic amines is 2. The number of aromatic nitrogens is 6. The Hall–Kier alpha value is -1.82. The normalized spacial score (nSPS) is 12.3. The second kappa shape index (κ2) is 13.0. The molecule has 2 aromatic heterocycles. The van der Waals surface area contributed by atoms with Crippen LogP contribution in [0.2, 0.25) is 6.04 Å². The summed E-state index contributed by atoms with van der Waals surface area (Å²) in [5.74, 6) is 3.56. The zero-order chi connectivity index (χ0) is 23.6. The van der Waals surface area contributed by atoms with E-state index in [1.807, 2.05) is 4.90 Å². The van der Waals surface area contributed by atoms with Crippen molar-refractivity contribution in [3.8, 4) is 0 Å². The van der Waals surface area contributed by atoms with Gasteiger partial charge in [-0.15, -0.1) is 10.2 Å². The summed E-state index contributed by atoms with van der Waals surface area (Å²) in [6, 6.07) is 0.857. The van der Waals surface area contributed by atoms with Crippen LogP contribution in [0.4, 0.5) is 11.9 Å². The van der Waals surface area contributed by atoms with Crippen LogP contribution in [0.5, 0.6) is 0 Å². The minimum atomic E-state index is -2.44. The topological polar surface area (TPSA) is 114 Å². The number of rotatable bonds is 16. The fourth-order valence-corrected chi connectivity index (χ4v) is 5.25. The van der Waals surface area contributed by atoms with E-state index in [1.54, 1.807) is 21.3 Å². The summed E-state index contributed by atoms with van der Waals surface area (Å²) < 4.78 is 16.5. The number of anilines is 2. The molecule has 10 nitrogen and oxygen atoms in total. The van der Waals surface area contributed by atoms with E-state index in [2.05, 4.69) is 58.1 Å². The van der Waals surface area contributed by atoms with Crippen molar-refractivity contribution in [3.63, 3.8) is 0 Å². The summed E-state index contributed by atoms with van der Waals surface area (Å²) >= 11 is 0. The first-order valence-corrected chi connectivity index (χ1v) is 13.6. The van der Waals surface area contributed by atoms with Gasteiger partial charge >= 0.3 is 8.80 Å². The Labute approximate surface area is 193 Å². The average Bonchev–Trinajstić information content (AvgIpc) is 3.46. The van der Waals surface area contributed by atoms with Crippen molar-refractivity contribution in [1.82, 2.24) is 30.4 Å². The third-order valence-corrected chi connectivity index (χ3v) is 8.44. The van der Waals surface area contributed by atoms with Crippen molar-refractivity contribution in [2.75, 3.05) is 32.8 Å². The highest BCUT2D eigenvalue weighted by Crippen LogP contribution is 2.23. The molecule has 2 rings (SSSR count). The summed E-state index contributed by atoms with van der Waals surface area (Å²) in [4.78, 5) is 11.3. The molecule has 0 spiro atoms. The zero-order valence-corrected chi connectivity index (χ0v) is 21.8. The number of unbranched alkanes of at least 4 members (excludes halogenated alkanes) is 5. The summed E-state index contributed by atoms with van der Waals surface area (Å²) in [5.41, 5.74) is 0. The highest BCUT2D eigenvalue weighted by Gasteiger charge is 2.36. The molecular weight excluding hydrogens is 426 g/mol. The van der Waals surface area contributed by atoms with Crippen LogP contribution in [-0.2, 0) is 13.3 Å². The zero-order valence-electron chi connectivity index (χ0n) is 20.8. The Balaban J connectivity index is 1.84. The average molecular weight is 468 g/mol. The van der Waals surface area contributed by atoms with Crippen molar-refractivity contribution >= 4 is 20.7 Å². The van der Waals surface area contributed by atoms with Gasteiger partial charge in [-0.2, -0.15) is 9.97 Å². The van der Waals surface area contributed by atoms with E-state index in [0.717, 1.165) is 49.9 Å². The van der Waals surface area contributed by atoms with Gasteiger partial charge in [0.1, 0.15) is 11.6 Å². The van der Waals surface area contributed by atoms with Gasteiger partial charge in [-0.1, -0.05) is 53.4 Å². The fraction of sp³-hybridized carbons (Fsp3) is 0.810. The van der Waals surface area contributed by atoms with Crippen molar-refractivity contribution in [2.24, 2.45) is 0 Å². The van der Waals surface area contributed by atoms with Crippen LogP contribution in [0, 0.1) is 0 Å². The Morgan fingerprint density at radius 2 is 1.16 bits per heavy atom. The molecule has 2 N–H and O–H groups in total. The molecular formula is C21H41N7O3Si. The standard InChI is InChI=1S/C21H41N7O3Si/c1-16(2)18-22-20(26-24-18)28(21-23-19(17(3)4)25-27-21)14-12-10-8-9-11-13-15-32(29-5,30-6)31-7/h16-17H,8-15H2,1-7H3,(H,22,24,26)(H,23,25,27). The molecule has 0 fully saturated rings. The van der Waals surface area contributed by atoms with E-state index in [9.17, 15) is 0 Å². The fourth-order valence-electron chi connectivity index (χ4n) is 3.45. The van der Waals surface area contributed by atoms with Gasteiger partial charge in [-0.05, 0) is 12.8 Å². The maximum Gasteiger partial charge on any atom is 0.500 e. The quantitative estimate of drug-likeness (QED) is 0.273. The van der Waals surface area contributed by atoms with E-state index in [4.69, 9.17) is 13.3 Å². The second-order valence-electron chi connectivity index (χ2n) is 8.67. The lowest BCUT2D eigenvalue weighted by atomic mass is 10.1. The van der Waals surface area contributed by atoms with Crippen LogP contribution in [0.25, 0.3) is 0 Å². The van der Waals surface area contributed by atoms with Gasteiger partial charge in [0.2, 0.25) is 0 Å². The van der Waals surface area contributed by atoms with Gasteiger partial charge in [0.25, 0.3) is 11.9 Å². The van der Waals surface area contributed by atoms with Crippen LogP contribution >= 0.6 is 0 Å². The van der Waals surface area contributed by atoms with Crippen LogP contribution < -0.4 is 4.90 Å². The van der Waals surface area contributed by atoms with Crippen LogP contribution in [0.3, 0.4) is 0 Å². The molecule has 0 aliphatic carbocycles. The number of nitrogens with zero attached hydrogens (tertiary/aromatic N) is 5. The van der Waals surface area contributed by atoms with E-state index in [0.29, 0.717) is 11.9 Å². The van der Waals surface area contributed by atoms with Gasteiger partial charge in [0.15, 0.2) is 0 Å². The smallest absolute Gasteiger partial charge is 0.377 e. The van der Waals surface area contributed by atoms with Crippen LogP contribution in [0.1, 0.15) is 89.7 Å². The van der Waals surface area contributed by atoms with E-state index in [-0.39, 0.29) is 11.8 Å². The van der Waals surface area contributed by atoms with Crippen molar-refractivity contribution in [3.05, 3.63) is 11.6 Å². The molecule has 32 heavy (non-hydrogen) atoms. The molecule has 11 heteroatoms. The van der Waals surface area contributed by atoms with Gasteiger partial charge in [-0.3, -0.25) is 15.1 Å². The second-order valence-corrected chi connectivity index (χ2v) is 11.8. The Bertz CT molecular complexity index is 723. The number of hydrogen-bond acceptors (Lipinski definition) is 8. The van der Waals surface area contributed by atoms with Gasteiger partial charge < -0.3 is 13.3 Å². The molecule has 0 unspecified atom stereocenters. The van der Waals surface area contributed by atoms with E-state index < -0.39 is 8.80 Å². The van der Waals surface area contributed by atoms with Crippen molar-refractivity contribution < 1.29 is 13.3 Å². The van der Waals surface area contributed by atoms with E-state index in [1.165, 1.54) is 12.8 Å². The first-order chi connectivity index (χ1) is 15.4. The molecule has 0 bridgehead atoms. The molecule has 0 saturated carbocycles. The molecule has 0 saturated heterocycles. The van der Waals surface area contributed by atoms with E-state index >= 15 is 0 Å². The first-order valence-electron chi connectivity index (χ1n) is 11.6. The molecule has 2 aromatic rings. The minimum absolute atomic E-state index is 0.285. The Kier molecular flexibility index (Phi) is 10.8. The monoisotopic (exact) mass is 467 g/mol. The highest BCUT2D eigenvalue weighted by molar-refractivity contribution is 6.60. The Morgan fingerprint density at radius 3 is 1.56 bits per heavy atom. The van der Waals surface area contributed by atoms with Crippen molar-refractivity contribution in [1.29, 1.82) is 0 Å². The third kappa shape index (κ3) is 7.36. The predicted molar refractivity (Wildman–Crippen MR) is 127 cm³/mol. The van der Waals surface area contributed by atoms with Gasteiger partial charge in [0, 0.05) is 45.8 Å². The molecule has 182 valence electrons. The van der Waals surface area contributed by atoms with Crippen LogP contribution in [0.15, 0.2) is 0 Å². The molecule has 0 atom stereocenters. The molecule has 0 aromatic carbocycles. The lowest BCUT2D eigenvalue weighted by Gasteiger charge is -2.24. The lowest BCUT2D eigenvalue weighted by molar-refractivity contribution is 0.122.